The normalized spacial score (nSPS) is 11.3. The number of hydrogen-bond donors (Lipinski definition) is 1. The van der Waals surface area contributed by atoms with Crippen LogP contribution in [0.1, 0.15) is 5.56 Å². The van der Waals surface area contributed by atoms with E-state index in [-0.39, 0.29) is 15.7 Å². The molecule has 2 aromatic rings. The van der Waals surface area contributed by atoms with Gasteiger partial charge in [-0.1, -0.05) is 29.3 Å². The molecule has 2 rings (SSSR count). The molecule has 1 heterocycles. The van der Waals surface area contributed by atoms with Crippen LogP contribution in [-0.4, -0.2) is 13.4 Å². The maximum absolute atomic E-state index is 12.2. The lowest BCUT2D eigenvalue weighted by Gasteiger charge is -2.10. The van der Waals surface area contributed by atoms with Gasteiger partial charge < -0.3 is 0 Å². The number of benzene rings is 1. The minimum Gasteiger partial charge on any atom is -0.263 e. The first-order chi connectivity index (χ1) is 8.90. The van der Waals surface area contributed by atoms with Gasteiger partial charge in [0.2, 0.25) is 0 Å². The van der Waals surface area contributed by atoms with E-state index in [9.17, 15) is 8.42 Å². The Morgan fingerprint density at radius 1 is 1.21 bits per heavy atom. The summed E-state index contributed by atoms with van der Waals surface area (Å²) in [5.74, 6) is 0.272. The average Bonchev–Trinajstić information content (AvgIpc) is 2.31. The van der Waals surface area contributed by atoms with Crippen molar-refractivity contribution >= 4 is 39.0 Å². The molecule has 4 nitrogen and oxygen atoms in total. The van der Waals surface area contributed by atoms with Gasteiger partial charge in [-0.2, -0.15) is 0 Å². The summed E-state index contributed by atoms with van der Waals surface area (Å²) in [6.07, 6.45) is 1.51. The number of nitrogens with one attached hydrogen (secondary N) is 1. The van der Waals surface area contributed by atoms with Gasteiger partial charge in [-0.3, -0.25) is 4.72 Å². The van der Waals surface area contributed by atoms with E-state index < -0.39 is 10.0 Å². The number of rotatable bonds is 3. The van der Waals surface area contributed by atoms with E-state index in [1.54, 1.807) is 19.1 Å². The Kier molecular flexibility index (Phi) is 3.99. The van der Waals surface area contributed by atoms with Crippen LogP contribution in [0.25, 0.3) is 0 Å². The highest BCUT2D eigenvalue weighted by atomic mass is 35.5. The van der Waals surface area contributed by atoms with Gasteiger partial charge in [-0.25, -0.2) is 13.4 Å². The van der Waals surface area contributed by atoms with Gasteiger partial charge >= 0.3 is 0 Å². The van der Waals surface area contributed by atoms with Gasteiger partial charge in [-0.15, -0.1) is 0 Å². The van der Waals surface area contributed by atoms with Crippen LogP contribution in [0.5, 0.6) is 0 Å². The third-order valence-corrected chi connectivity index (χ3v) is 4.48. The second-order valence-corrected chi connectivity index (χ2v) is 6.34. The van der Waals surface area contributed by atoms with Gasteiger partial charge in [0.1, 0.15) is 10.7 Å². The summed E-state index contributed by atoms with van der Waals surface area (Å²) in [5, 5.41) is 0.437. The van der Waals surface area contributed by atoms with Crippen LogP contribution in [0.4, 0.5) is 5.82 Å². The van der Waals surface area contributed by atoms with Gasteiger partial charge in [0, 0.05) is 11.2 Å². The molecule has 0 saturated carbocycles. The molecule has 0 fully saturated rings. The minimum atomic E-state index is -3.79. The molecule has 0 radical (unpaired) electrons. The zero-order valence-corrected chi connectivity index (χ0v) is 12.2. The number of nitrogens with zero attached hydrogens (tertiary/aromatic N) is 1. The third-order valence-electron chi connectivity index (χ3n) is 2.42. The highest BCUT2D eigenvalue weighted by Gasteiger charge is 2.19. The summed E-state index contributed by atoms with van der Waals surface area (Å²) in [7, 11) is -3.79. The molecule has 19 heavy (non-hydrogen) atoms. The molecule has 0 bridgehead atoms. The average molecular weight is 317 g/mol. The van der Waals surface area contributed by atoms with Crippen molar-refractivity contribution in [3.8, 4) is 0 Å². The SMILES string of the molecule is Cc1cccnc1NS(=O)(=O)c1ccc(Cl)cc1Cl. The van der Waals surface area contributed by atoms with Crippen LogP contribution in [0, 0.1) is 6.92 Å². The number of sulfonamides is 1. The minimum absolute atomic E-state index is 0.0383. The smallest absolute Gasteiger partial charge is 0.263 e. The Labute approximate surface area is 121 Å². The lowest BCUT2D eigenvalue weighted by atomic mass is 10.3. The van der Waals surface area contributed by atoms with Crippen LogP contribution >= 0.6 is 23.2 Å². The quantitative estimate of drug-likeness (QED) is 0.942. The summed E-state index contributed by atoms with van der Waals surface area (Å²) < 4.78 is 26.8. The zero-order chi connectivity index (χ0) is 14.0. The maximum atomic E-state index is 12.2. The number of anilines is 1. The molecular weight excluding hydrogens is 307 g/mol. The van der Waals surface area contributed by atoms with Crippen molar-refractivity contribution in [2.75, 3.05) is 4.72 Å². The number of halogens is 2. The molecule has 0 saturated heterocycles. The fraction of sp³-hybridized carbons (Fsp3) is 0.0833. The Hall–Kier alpha value is -1.30. The molecular formula is C12H10Cl2N2O2S. The van der Waals surface area contributed by atoms with Gasteiger partial charge in [0.25, 0.3) is 10.0 Å². The number of aryl methyl sites for hydroxylation is 1. The summed E-state index contributed by atoms with van der Waals surface area (Å²) >= 11 is 11.6. The van der Waals surface area contributed by atoms with Crippen LogP contribution in [-0.2, 0) is 10.0 Å². The summed E-state index contributed by atoms with van der Waals surface area (Å²) in [6, 6.07) is 7.68. The first-order valence-corrected chi connectivity index (χ1v) is 7.53. The molecule has 0 aliphatic heterocycles. The van der Waals surface area contributed by atoms with Crippen molar-refractivity contribution in [1.29, 1.82) is 0 Å². The Morgan fingerprint density at radius 3 is 2.58 bits per heavy atom. The van der Waals surface area contributed by atoms with Gasteiger partial charge in [-0.05, 0) is 36.8 Å². The Morgan fingerprint density at radius 2 is 1.95 bits per heavy atom. The number of aromatic nitrogens is 1. The highest BCUT2D eigenvalue weighted by Crippen LogP contribution is 2.26. The Bertz CT molecular complexity index is 717. The molecule has 0 amide bonds. The predicted molar refractivity (Wildman–Crippen MR) is 76.2 cm³/mol. The van der Waals surface area contributed by atoms with E-state index in [2.05, 4.69) is 9.71 Å². The molecule has 0 aliphatic rings. The molecule has 0 atom stereocenters. The number of pyridine rings is 1. The topological polar surface area (TPSA) is 59.1 Å². The summed E-state index contributed by atoms with van der Waals surface area (Å²) in [5.41, 5.74) is 0.719. The standard InChI is InChI=1S/C12H10Cl2N2O2S/c1-8-3-2-6-15-12(8)16-19(17,18)11-5-4-9(13)7-10(11)14/h2-7H,1H3,(H,15,16). The lowest BCUT2D eigenvalue weighted by Crippen LogP contribution is -2.15. The molecule has 1 N–H and O–H groups in total. The van der Waals surface area contributed by atoms with Crippen molar-refractivity contribution < 1.29 is 8.42 Å². The maximum Gasteiger partial charge on any atom is 0.264 e. The monoisotopic (exact) mass is 316 g/mol. The van der Waals surface area contributed by atoms with E-state index in [4.69, 9.17) is 23.2 Å². The van der Waals surface area contributed by atoms with Crippen LogP contribution < -0.4 is 4.72 Å². The van der Waals surface area contributed by atoms with Crippen molar-refractivity contribution in [1.82, 2.24) is 4.98 Å². The van der Waals surface area contributed by atoms with Crippen molar-refractivity contribution in [3.63, 3.8) is 0 Å². The molecule has 0 unspecified atom stereocenters. The van der Waals surface area contributed by atoms with Crippen LogP contribution in [0.3, 0.4) is 0 Å². The van der Waals surface area contributed by atoms with E-state index in [0.29, 0.717) is 5.02 Å². The van der Waals surface area contributed by atoms with Crippen molar-refractivity contribution in [2.24, 2.45) is 0 Å². The highest BCUT2D eigenvalue weighted by molar-refractivity contribution is 7.92. The predicted octanol–water partition coefficient (Wildman–Crippen LogP) is 3.50. The zero-order valence-electron chi connectivity index (χ0n) is 9.89. The van der Waals surface area contributed by atoms with Crippen LogP contribution in [0.15, 0.2) is 41.4 Å². The molecule has 7 heteroatoms. The van der Waals surface area contributed by atoms with E-state index in [1.807, 2.05) is 0 Å². The number of hydrogen-bond acceptors (Lipinski definition) is 3. The first kappa shape index (κ1) is 14.1. The first-order valence-electron chi connectivity index (χ1n) is 5.29. The summed E-state index contributed by atoms with van der Waals surface area (Å²) in [4.78, 5) is 3.94. The second-order valence-electron chi connectivity index (χ2n) is 3.85. The Balaban J connectivity index is 2.41. The fourth-order valence-corrected chi connectivity index (χ4v) is 3.32. The van der Waals surface area contributed by atoms with Crippen molar-refractivity contribution in [2.45, 2.75) is 11.8 Å². The molecule has 1 aromatic carbocycles. The molecule has 0 spiro atoms. The third kappa shape index (κ3) is 3.18. The largest absolute Gasteiger partial charge is 0.264 e. The second kappa shape index (κ2) is 5.36. The molecule has 100 valence electrons. The van der Waals surface area contributed by atoms with Gasteiger partial charge in [0.05, 0.1) is 5.02 Å². The van der Waals surface area contributed by atoms with Crippen molar-refractivity contribution in [3.05, 3.63) is 52.1 Å². The lowest BCUT2D eigenvalue weighted by molar-refractivity contribution is 0.601. The van der Waals surface area contributed by atoms with E-state index in [1.165, 1.54) is 24.4 Å². The fourth-order valence-electron chi connectivity index (χ4n) is 1.47. The van der Waals surface area contributed by atoms with Crippen LogP contribution in [0.2, 0.25) is 10.0 Å². The molecule has 1 aromatic heterocycles. The molecule has 0 aliphatic carbocycles. The van der Waals surface area contributed by atoms with E-state index >= 15 is 0 Å². The summed E-state index contributed by atoms with van der Waals surface area (Å²) in [6.45, 7) is 1.76. The van der Waals surface area contributed by atoms with Gasteiger partial charge in [0.15, 0.2) is 0 Å². The van der Waals surface area contributed by atoms with E-state index in [0.717, 1.165) is 5.56 Å².